The molecule has 0 radical (unpaired) electrons. The molecule has 176 valence electrons. The molecule has 1 fully saturated rings. The summed E-state index contributed by atoms with van der Waals surface area (Å²) < 4.78 is 18.8. The lowest BCUT2D eigenvalue weighted by atomic mass is 10.0. The molecule has 11 nitrogen and oxygen atoms in total. The fraction of sp³-hybridized carbons (Fsp3) is 0.304. The van der Waals surface area contributed by atoms with Gasteiger partial charge in [-0.1, -0.05) is 24.3 Å². The summed E-state index contributed by atoms with van der Waals surface area (Å²) in [6.45, 7) is -0.229. The molecule has 0 saturated carbocycles. The van der Waals surface area contributed by atoms with Crippen molar-refractivity contribution in [1.29, 1.82) is 0 Å². The fourth-order valence-corrected chi connectivity index (χ4v) is 4.07. The van der Waals surface area contributed by atoms with Crippen LogP contribution < -0.4 is 4.74 Å². The molecule has 1 aliphatic heterocycles. The van der Waals surface area contributed by atoms with Crippen LogP contribution in [0.3, 0.4) is 0 Å². The van der Waals surface area contributed by atoms with E-state index in [4.69, 9.17) is 14.2 Å². The highest BCUT2D eigenvalue weighted by atomic mass is 16.6. The number of aromatic hydroxyl groups is 1. The average Bonchev–Trinajstić information content (AvgIpc) is 3.44. The molecule has 0 bridgehead atoms. The van der Waals surface area contributed by atoms with Crippen LogP contribution in [0.5, 0.6) is 11.8 Å². The van der Waals surface area contributed by atoms with Crippen molar-refractivity contribution in [3.05, 3.63) is 60.8 Å². The summed E-state index contributed by atoms with van der Waals surface area (Å²) in [7, 11) is 1.56. The largest absolute Gasteiger partial charge is 0.492 e. The summed E-state index contributed by atoms with van der Waals surface area (Å²) in [4.78, 5) is 16.3. The Morgan fingerprint density at radius 2 is 1.94 bits per heavy atom. The Morgan fingerprint density at radius 3 is 2.71 bits per heavy atom. The summed E-state index contributed by atoms with van der Waals surface area (Å²) in [5.41, 5.74) is 3.21. The summed E-state index contributed by atoms with van der Waals surface area (Å²) >= 11 is 0. The molecular weight excluding hydrogens is 442 g/mol. The van der Waals surface area contributed by atoms with Crippen molar-refractivity contribution in [3.63, 3.8) is 0 Å². The van der Waals surface area contributed by atoms with Crippen LogP contribution >= 0.6 is 0 Å². The molecule has 0 aliphatic carbocycles. The van der Waals surface area contributed by atoms with E-state index in [0.717, 1.165) is 16.7 Å². The molecule has 34 heavy (non-hydrogen) atoms. The predicted molar refractivity (Wildman–Crippen MR) is 119 cm³/mol. The van der Waals surface area contributed by atoms with Gasteiger partial charge in [-0.2, -0.15) is 4.98 Å². The van der Waals surface area contributed by atoms with Crippen molar-refractivity contribution in [2.24, 2.45) is 0 Å². The Hall–Kier alpha value is -3.64. The van der Waals surface area contributed by atoms with E-state index in [-0.39, 0.29) is 18.0 Å². The van der Waals surface area contributed by atoms with E-state index >= 15 is 0 Å². The number of aromatic nitrogens is 5. The van der Waals surface area contributed by atoms with E-state index in [0.29, 0.717) is 11.5 Å². The molecule has 0 unspecified atom stereocenters. The van der Waals surface area contributed by atoms with Crippen LogP contribution in [0, 0.1) is 0 Å². The number of ether oxygens (including phenoxy) is 3. The van der Waals surface area contributed by atoms with E-state index in [2.05, 4.69) is 19.9 Å². The third kappa shape index (κ3) is 3.94. The summed E-state index contributed by atoms with van der Waals surface area (Å²) in [6, 6.07) is 11.4. The van der Waals surface area contributed by atoms with Crippen LogP contribution in [-0.4, -0.2) is 71.9 Å². The normalized spacial score (nSPS) is 22.3. The van der Waals surface area contributed by atoms with Crippen molar-refractivity contribution in [2.45, 2.75) is 31.1 Å². The zero-order valence-electron chi connectivity index (χ0n) is 18.2. The molecular formula is C23H23N5O6. The Morgan fingerprint density at radius 1 is 1.09 bits per heavy atom. The molecule has 3 N–H and O–H groups in total. The average molecular weight is 465 g/mol. The number of pyridine rings is 1. The Bertz CT molecular complexity index is 1280. The molecule has 0 spiro atoms. The van der Waals surface area contributed by atoms with Crippen LogP contribution in [0.2, 0.25) is 0 Å². The van der Waals surface area contributed by atoms with Gasteiger partial charge in [0.05, 0.1) is 26.7 Å². The van der Waals surface area contributed by atoms with Crippen molar-refractivity contribution in [1.82, 2.24) is 24.5 Å². The minimum absolute atomic E-state index is 0.162. The number of benzene rings is 1. The first-order valence-corrected chi connectivity index (χ1v) is 10.6. The fourth-order valence-electron chi connectivity index (χ4n) is 4.07. The molecule has 4 atom stereocenters. The highest BCUT2D eigenvalue weighted by Gasteiger charge is 2.46. The van der Waals surface area contributed by atoms with Gasteiger partial charge in [0.15, 0.2) is 17.4 Å². The quantitative estimate of drug-likeness (QED) is 0.366. The molecule has 0 amide bonds. The number of hydrogen-bond acceptors (Lipinski definition) is 10. The summed E-state index contributed by atoms with van der Waals surface area (Å²) in [5.74, 6) is 0.254. The summed E-state index contributed by atoms with van der Waals surface area (Å²) in [5, 5.41) is 30.5. The number of fused-ring (bicyclic) bond motifs is 1. The maximum Gasteiger partial charge on any atom is 0.242 e. The smallest absolute Gasteiger partial charge is 0.242 e. The monoisotopic (exact) mass is 465 g/mol. The number of rotatable bonds is 7. The molecule has 1 aliphatic rings. The topological polar surface area (TPSA) is 145 Å². The molecule has 4 aromatic rings. The maximum absolute atomic E-state index is 10.8. The van der Waals surface area contributed by atoms with E-state index in [1.54, 1.807) is 23.9 Å². The Balaban J connectivity index is 1.43. The number of aliphatic hydroxyl groups excluding tert-OH is 2. The number of nitrogens with zero attached hydrogens (tertiary/aromatic N) is 5. The third-order valence-electron chi connectivity index (χ3n) is 5.81. The first-order chi connectivity index (χ1) is 16.6. The Labute approximate surface area is 194 Å². The standard InChI is InChI=1S/C23H23N5O6/c1-32-17-7-6-13(8-24-17)15-5-3-2-4-14(15)10-33-20-19(30)16(9-29)34-23(20)28-12-27-18-21(28)25-11-26-22(18)31/h2-8,11-12,16,19-20,23,29-30H,9-10H2,1H3,(H,25,26,31)/t16-,19-,20-,23-/m1/s1. The van der Waals surface area contributed by atoms with E-state index in [1.807, 2.05) is 30.3 Å². The highest BCUT2D eigenvalue weighted by Crippen LogP contribution is 2.35. The third-order valence-corrected chi connectivity index (χ3v) is 5.81. The first kappa shape index (κ1) is 22.2. The molecule has 3 aromatic heterocycles. The Kier molecular flexibility index (Phi) is 6.07. The van der Waals surface area contributed by atoms with Gasteiger partial charge in [-0.05, 0) is 17.2 Å². The lowest BCUT2D eigenvalue weighted by Gasteiger charge is -2.23. The zero-order chi connectivity index (χ0) is 23.7. The van der Waals surface area contributed by atoms with Crippen molar-refractivity contribution in [2.75, 3.05) is 13.7 Å². The number of aliphatic hydroxyl groups is 2. The van der Waals surface area contributed by atoms with E-state index < -0.39 is 31.1 Å². The van der Waals surface area contributed by atoms with Gasteiger partial charge in [0, 0.05) is 17.8 Å². The van der Waals surface area contributed by atoms with Gasteiger partial charge < -0.3 is 29.5 Å². The van der Waals surface area contributed by atoms with Gasteiger partial charge in [-0.3, -0.25) is 4.57 Å². The maximum atomic E-state index is 10.8. The molecule has 4 heterocycles. The molecule has 1 saturated heterocycles. The lowest BCUT2D eigenvalue weighted by Crippen LogP contribution is -2.35. The second kappa shape index (κ2) is 9.31. The van der Waals surface area contributed by atoms with Gasteiger partial charge in [-0.25, -0.2) is 15.0 Å². The predicted octanol–water partition coefficient (Wildman–Crippen LogP) is 1.44. The van der Waals surface area contributed by atoms with Crippen LogP contribution in [0.15, 0.2) is 55.2 Å². The zero-order valence-corrected chi connectivity index (χ0v) is 18.2. The van der Waals surface area contributed by atoms with Crippen LogP contribution in [0.25, 0.3) is 22.3 Å². The van der Waals surface area contributed by atoms with Gasteiger partial charge in [-0.15, -0.1) is 0 Å². The van der Waals surface area contributed by atoms with Crippen molar-refractivity contribution in [3.8, 4) is 22.9 Å². The van der Waals surface area contributed by atoms with Crippen molar-refractivity contribution >= 4 is 11.2 Å². The van der Waals surface area contributed by atoms with E-state index in [9.17, 15) is 15.3 Å². The first-order valence-electron chi connectivity index (χ1n) is 10.6. The van der Waals surface area contributed by atoms with Gasteiger partial charge in [0.2, 0.25) is 11.8 Å². The second-order valence-corrected chi connectivity index (χ2v) is 7.78. The lowest BCUT2D eigenvalue weighted by molar-refractivity contribution is -0.0760. The van der Waals surface area contributed by atoms with Crippen LogP contribution in [-0.2, 0) is 16.1 Å². The van der Waals surface area contributed by atoms with E-state index in [1.165, 1.54) is 12.7 Å². The van der Waals surface area contributed by atoms with Gasteiger partial charge >= 0.3 is 0 Å². The van der Waals surface area contributed by atoms with Crippen molar-refractivity contribution < 1.29 is 29.5 Å². The highest BCUT2D eigenvalue weighted by molar-refractivity contribution is 5.75. The minimum Gasteiger partial charge on any atom is -0.492 e. The van der Waals surface area contributed by atoms with Gasteiger partial charge in [0.25, 0.3) is 0 Å². The van der Waals surface area contributed by atoms with Crippen LogP contribution in [0.4, 0.5) is 0 Å². The molecule has 11 heteroatoms. The SMILES string of the molecule is COc1ccc(-c2ccccc2CO[C@@H]2[C@H](O)[C@@H](CO)O[C@H]2n2cnc3c(O)ncnc32)cn1. The molecule has 1 aromatic carbocycles. The number of imidazole rings is 1. The van der Waals surface area contributed by atoms with Crippen LogP contribution in [0.1, 0.15) is 11.8 Å². The number of hydrogen-bond donors (Lipinski definition) is 3. The minimum atomic E-state index is -1.10. The second-order valence-electron chi connectivity index (χ2n) is 7.78. The summed E-state index contributed by atoms with van der Waals surface area (Å²) in [6.07, 6.45) is 0.736. The van der Waals surface area contributed by atoms with Gasteiger partial charge in [0.1, 0.15) is 24.6 Å². The molecule has 5 rings (SSSR count). The number of methoxy groups -OCH3 is 1.